The minimum absolute atomic E-state index is 0.00112. The number of hydrogen-bond donors (Lipinski definition) is 1. The van der Waals surface area contributed by atoms with Crippen LogP contribution < -0.4 is 4.74 Å². The second-order valence-electron chi connectivity index (χ2n) is 4.44. The molecule has 0 aliphatic heterocycles. The second-order valence-corrected chi connectivity index (χ2v) is 4.83. The van der Waals surface area contributed by atoms with Gasteiger partial charge >= 0.3 is 18.7 Å². The van der Waals surface area contributed by atoms with Gasteiger partial charge in [-0.2, -0.15) is 40.5 Å². The van der Waals surface area contributed by atoms with Crippen molar-refractivity contribution < 1.29 is 35.5 Å². The fourth-order valence-electron chi connectivity index (χ4n) is 1.57. The van der Waals surface area contributed by atoms with Crippen molar-refractivity contribution in [2.75, 3.05) is 0 Å². The highest BCUT2D eigenvalue weighted by Crippen LogP contribution is 2.28. The molecule has 5 nitrogen and oxygen atoms in total. The van der Waals surface area contributed by atoms with Crippen molar-refractivity contribution in [3.05, 3.63) is 40.4 Å². The van der Waals surface area contributed by atoms with Crippen LogP contribution in [0.1, 0.15) is 11.4 Å². The minimum atomic E-state index is -4.84. The van der Waals surface area contributed by atoms with E-state index in [1.54, 1.807) is 0 Å². The van der Waals surface area contributed by atoms with E-state index in [1.165, 1.54) is 6.07 Å². The molecule has 0 bridgehead atoms. The second kappa shape index (κ2) is 6.82. The van der Waals surface area contributed by atoms with Gasteiger partial charge in [-0.25, -0.2) is 5.10 Å². The average Bonchev–Trinajstić information content (AvgIpc) is 2.86. The molecular formula is C12H7F7N4OS. The van der Waals surface area contributed by atoms with E-state index in [0.29, 0.717) is 0 Å². The third kappa shape index (κ3) is 4.55. The highest BCUT2D eigenvalue weighted by atomic mass is 32.1. The molecule has 1 heterocycles. The molecule has 0 fully saturated rings. The molecule has 0 saturated heterocycles. The first-order valence-electron chi connectivity index (χ1n) is 6.25. The van der Waals surface area contributed by atoms with Gasteiger partial charge in [0.15, 0.2) is 0 Å². The predicted molar refractivity (Wildman–Crippen MR) is 73.4 cm³/mol. The van der Waals surface area contributed by atoms with Gasteiger partial charge in [-0.1, -0.05) is 12.1 Å². The summed E-state index contributed by atoms with van der Waals surface area (Å²) >= 11 is 4.61. The molecule has 13 heteroatoms. The van der Waals surface area contributed by atoms with Crippen molar-refractivity contribution in [2.24, 2.45) is 5.10 Å². The zero-order valence-electron chi connectivity index (χ0n) is 11.8. The van der Waals surface area contributed by atoms with Crippen LogP contribution in [0.2, 0.25) is 0 Å². The van der Waals surface area contributed by atoms with Crippen LogP contribution in [-0.2, 0) is 6.18 Å². The van der Waals surface area contributed by atoms with Crippen LogP contribution in [0.4, 0.5) is 30.7 Å². The van der Waals surface area contributed by atoms with E-state index in [2.05, 4.69) is 27.2 Å². The molecule has 0 spiro atoms. The summed E-state index contributed by atoms with van der Waals surface area (Å²) in [6, 6.07) is 4.29. The van der Waals surface area contributed by atoms with Crippen molar-refractivity contribution in [3.8, 4) is 5.75 Å². The quantitative estimate of drug-likeness (QED) is 0.477. The zero-order valence-corrected chi connectivity index (χ0v) is 12.6. The van der Waals surface area contributed by atoms with Crippen molar-refractivity contribution in [1.29, 1.82) is 0 Å². The first-order chi connectivity index (χ1) is 11.5. The molecule has 0 aliphatic rings. The Balaban J connectivity index is 2.28. The van der Waals surface area contributed by atoms with E-state index < -0.39 is 35.1 Å². The van der Waals surface area contributed by atoms with Gasteiger partial charge in [-0.15, -0.1) is 5.10 Å². The number of hydrogen-bond acceptors (Lipinski definition) is 4. The Morgan fingerprint density at radius 1 is 1.24 bits per heavy atom. The van der Waals surface area contributed by atoms with E-state index in [1.807, 2.05) is 5.10 Å². The smallest absolute Gasteiger partial charge is 0.428 e. The molecular weight excluding hydrogens is 381 g/mol. The van der Waals surface area contributed by atoms with Crippen LogP contribution in [0.3, 0.4) is 0 Å². The Morgan fingerprint density at radius 2 is 1.92 bits per heavy atom. The van der Waals surface area contributed by atoms with Gasteiger partial charge in [0.05, 0.1) is 6.21 Å². The summed E-state index contributed by atoms with van der Waals surface area (Å²) < 4.78 is 91.7. The standard InChI is InChI=1S/C12H7F7N4OS/c13-8(14)12(18,19)24-7-3-1-2-6(4-7)5-20-23-9(11(15,16)17)21-22-10(23)25/h1-5,8H,(H,22,25)/b20-5+. The SMILES string of the molecule is FC(F)C(F)(F)Oc1cccc(/C=N/n2c(C(F)(F)F)n[nH]c2=S)c1. The molecule has 0 unspecified atom stereocenters. The summed E-state index contributed by atoms with van der Waals surface area (Å²) in [4.78, 5) is 0. The van der Waals surface area contributed by atoms with Crippen molar-refractivity contribution in [2.45, 2.75) is 18.7 Å². The summed E-state index contributed by atoms with van der Waals surface area (Å²) in [7, 11) is 0. The predicted octanol–water partition coefficient (Wildman–Crippen LogP) is 4.08. The molecule has 2 rings (SSSR count). The Hall–Kier alpha value is -2.44. The summed E-state index contributed by atoms with van der Waals surface area (Å²) in [6.07, 6.45) is -12.8. The number of aromatic nitrogens is 3. The van der Waals surface area contributed by atoms with E-state index in [-0.39, 0.29) is 10.2 Å². The van der Waals surface area contributed by atoms with Gasteiger partial charge in [-0.3, -0.25) is 0 Å². The van der Waals surface area contributed by atoms with Crippen LogP contribution in [0.15, 0.2) is 29.4 Å². The molecule has 0 aliphatic carbocycles. The highest BCUT2D eigenvalue weighted by Gasteiger charge is 2.44. The number of rotatable bonds is 5. The topological polar surface area (TPSA) is 55.2 Å². The van der Waals surface area contributed by atoms with Crippen LogP contribution in [0.5, 0.6) is 5.75 Å². The Bertz CT molecular complexity index is 827. The third-order valence-electron chi connectivity index (χ3n) is 2.59. The molecule has 0 saturated carbocycles. The zero-order chi connectivity index (χ0) is 18.8. The van der Waals surface area contributed by atoms with Crippen LogP contribution in [0.25, 0.3) is 0 Å². The average molecular weight is 388 g/mol. The maximum atomic E-state index is 12.8. The largest absolute Gasteiger partial charge is 0.461 e. The summed E-state index contributed by atoms with van der Waals surface area (Å²) in [5.41, 5.74) is -0.00112. The maximum absolute atomic E-state index is 12.8. The minimum Gasteiger partial charge on any atom is -0.428 e. The monoisotopic (exact) mass is 388 g/mol. The fraction of sp³-hybridized carbons (Fsp3) is 0.250. The van der Waals surface area contributed by atoms with Crippen LogP contribution >= 0.6 is 12.2 Å². The Kier molecular flexibility index (Phi) is 5.15. The molecule has 1 aromatic carbocycles. The normalized spacial score (nSPS) is 13.0. The first kappa shape index (κ1) is 18.9. The van der Waals surface area contributed by atoms with Gasteiger partial charge in [0.2, 0.25) is 4.77 Å². The Morgan fingerprint density at radius 3 is 2.52 bits per heavy atom. The number of aromatic amines is 1. The fourth-order valence-corrected chi connectivity index (χ4v) is 1.75. The number of nitrogens with one attached hydrogen (secondary N) is 1. The third-order valence-corrected chi connectivity index (χ3v) is 2.86. The van der Waals surface area contributed by atoms with Crippen LogP contribution in [0, 0.1) is 4.77 Å². The molecule has 1 aromatic heterocycles. The van der Waals surface area contributed by atoms with E-state index in [4.69, 9.17) is 0 Å². The van der Waals surface area contributed by atoms with Gasteiger partial charge in [0.25, 0.3) is 5.82 Å². The molecule has 1 N–H and O–H groups in total. The number of halogens is 7. The maximum Gasteiger partial charge on any atom is 0.461 e. The first-order valence-corrected chi connectivity index (χ1v) is 6.65. The lowest BCUT2D eigenvalue weighted by atomic mass is 10.2. The number of alkyl halides is 7. The highest BCUT2D eigenvalue weighted by molar-refractivity contribution is 7.71. The molecule has 25 heavy (non-hydrogen) atoms. The van der Waals surface area contributed by atoms with Crippen molar-refractivity contribution >= 4 is 18.4 Å². The lowest BCUT2D eigenvalue weighted by Gasteiger charge is -2.16. The molecule has 0 radical (unpaired) electrons. The van der Waals surface area contributed by atoms with E-state index in [0.717, 1.165) is 24.4 Å². The van der Waals surface area contributed by atoms with Crippen molar-refractivity contribution in [3.63, 3.8) is 0 Å². The van der Waals surface area contributed by atoms with E-state index in [9.17, 15) is 30.7 Å². The molecule has 136 valence electrons. The number of ether oxygens (including phenoxy) is 1. The van der Waals surface area contributed by atoms with Gasteiger partial charge in [0.1, 0.15) is 5.75 Å². The lowest BCUT2D eigenvalue weighted by molar-refractivity contribution is -0.253. The number of nitrogens with zero attached hydrogens (tertiary/aromatic N) is 3. The molecule has 0 atom stereocenters. The lowest BCUT2D eigenvalue weighted by Crippen LogP contribution is -2.33. The summed E-state index contributed by atoms with van der Waals surface area (Å²) in [5.74, 6) is -2.05. The Labute approximate surface area is 139 Å². The summed E-state index contributed by atoms with van der Waals surface area (Å²) in [5, 5.41) is 8.35. The van der Waals surface area contributed by atoms with Crippen molar-refractivity contribution in [1.82, 2.24) is 14.9 Å². The summed E-state index contributed by atoms with van der Waals surface area (Å²) in [6.45, 7) is 0. The number of benzene rings is 1. The molecule has 2 aromatic rings. The van der Waals surface area contributed by atoms with Crippen LogP contribution in [-0.4, -0.2) is 33.6 Å². The van der Waals surface area contributed by atoms with Gasteiger partial charge < -0.3 is 4.74 Å². The number of H-pyrrole nitrogens is 1. The van der Waals surface area contributed by atoms with Gasteiger partial charge in [-0.05, 0) is 29.9 Å². The molecule has 0 amide bonds. The van der Waals surface area contributed by atoms with Gasteiger partial charge in [0, 0.05) is 0 Å². The van der Waals surface area contributed by atoms with E-state index >= 15 is 0 Å².